The van der Waals surface area contributed by atoms with E-state index in [1.54, 1.807) is 6.07 Å². The third kappa shape index (κ3) is 14.6. The van der Waals surface area contributed by atoms with Gasteiger partial charge >= 0.3 is 5.97 Å². The van der Waals surface area contributed by atoms with Crippen molar-refractivity contribution in [1.82, 2.24) is 0 Å². The fraction of sp³-hybridized carbons (Fsp3) is 0.250. The van der Waals surface area contributed by atoms with E-state index in [9.17, 15) is 9.90 Å². The van der Waals surface area contributed by atoms with Crippen molar-refractivity contribution in [3.63, 3.8) is 0 Å². The molecule has 0 saturated heterocycles. The molecule has 0 bridgehead atoms. The zero-order valence-electron chi connectivity index (χ0n) is 35.0. The van der Waals surface area contributed by atoms with Crippen LogP contribution in [-0.4, -0.2) is 24.2 Å². The SMILES string of the molecule is CCc1ccc(OCCC[N-]c2c(C(C)C)cccc2C(C)C)c(-c2cc(C)cc(C(=O)OCc3ccccc3)c2O)c1.[CH2-]c1ccccc1.[CH2-]c1ccccc1.[Hf]. The van der Waals surface area contributed by atoms with Gasteiger partial charge in [0.25, 0.3) is 0 Å². The molecule has 6 rings (SSSR count). The molecule has 5 nitrogen and oxygen atoms in total. The maximum Gasteiger partial charge on any atom is 0.342 e. The predicted molar refractivity (Wildman–Crippen MR) is 238 cm³/mol. The normalized spacial score (nSPS) is 10.3. The Morgan fingerprint density at radius 1 is 0.690 bits per heavy atom. The number of phenolic OH excluding ortho intramolecular Hbond substituents is 1. The summed E-state index contributed by atoms with van der Waals surface area (Å²) < 4.78 is 11.8. The van der Waals surface area contributed by atoms with Gasteiger partial charge in [-0.1, -0.05) is 112 Å². The van der Waals surface area contributed by atoms with Crippen molar-refractivity contribution in [3.8, 4) is 22.6 Å². The number of nitrogens with zero attached hydrogens (tertiary/aromatic N) is 1. The second-order valence-electron chi connectivity index (χ2n) is 14.6. The first-order valence-electron chi connectivity index (χ1n) is 19.8. The van der Waals surface area contributed by atoms with Crippen LogP contribution >= 0.6 is 0 Å². The average molecular weight is 940 g/mol. The van der Waals surface area contributed by atoms with Gasteiger partial charge in [0.2, 0.25) is 0 Å². The molecule has 0 radical (unpaired) electrons. The van der Waals surface area contributed by atoms with Crippen molar-refractivity contribution in [2.24, 2.45) is 0 Å². The minimum atomic E-state index is -0.565. The number of rotatable bonds is 13. The van der Waals surface area contributed by atoms with Crippen LogP contribution in [0.5, 0.6) is 11.5 Å². The molecule has 0 saturated carbocycles. The number of carbonyl (C=O) groups excluding carboxylic acids is 1. The Kier molecular flexibility index (Phi) is 20.0. The van der Waals surface area contributed by atoms with Crippen molar-refractivity contribution >= 4 is 11.7 Å². The van der Waals surface area contributed by atoms with Gasteiger partial charge in [0.1, 0.15) is 23.7 Å². The molecular formula is C52H58HfNO4-3. The minimum absolute atomic E-state index is 0. The second-order valence-corrected chi connectivity index (χ2v) is 14.6. The number of phenols is 1. The number of ether oxygens (including phenoxy) is 2. The maximum absolute atomic E-state index is 13.1. The molecule has 0 atom stereocenters. The molecule has 0 aliphatic heterocycles. The van der Waals surface area contributed by atoms with E-state index >= 15 is 0 Å². The Bertz CT molecular complexity index is 2050. The molecule has 0 fully saturated rings. The molecule has 0 aromatic heterocycles. The number of esters is 1. The van der Waals surface area contributed by atoms with Crippen LogP contribution in [0.3, 0.4) is 0 Å². The summed E-state index contributed by atoms with van der Waals surface area (Å²) in [6.07, 6.45) is 1.58. The summed E-state index contributed by atoms with van der Waals surface area (Å²) in [4.78, 5) is 13.1. The zero-order valence-corrected chi connectivity index (χ0v) is 38.6. The van der Waals surface area contributed by atoms with Crippen molar-refractivity contribution in [2.75, 3.05) is 13.2 Å². The van der Waals surface area contributed by atoms with E-state index in [1.807, 2.05) is 122 Å². The van der Waals surface area contributed by atoms with E-state index in [-0.39, 0.29) is 43.8 Å². The van der Waals surface area contributed by atoms with E-state index in [0.29, 0.717) is 36.3 Å². The Morgan fingerprint density at radius 2 is 1.24 bits per heavy atom. The van der Waals surface area contributed by atoms with Gasteiger partial charge in [0.15, 0.2) is 0 Å². The Balaban J connectivity index is 0.000000501. The van der Waals surface area contributed by atoms with Crippen molar-refractivity contribution in [3.05, 3.63) is 203 Å². The molecule has 0 unspecified atom stereocenters. The van der Waals surface area contributed by atoms with E-state index in [1.165, 1.54) is 11.1 Å². The summed E-state index contributed by atoms with van der Waals surface area (Å²) in [5.74, 6) is 0.784. The summed E-state index contributed by atoms with van der Waals surface area (Å²) in [6, 6.07) is 45.3. The Morgan fingerprint density at radius 3 is 1.74 bits per heavy atom. The van der Waals surface area contributed by atoms with E-state index < -0.39 is 5.97 Å². The monoisotopic (exact) mass is 940 g/mol. The smallest absolute Gasteiger partial charge is 0.342 e. The molecule has 0 amide bonds. The van der Waals surface area contributed by atoms with Gasteiger partial charge < -0.3 is 19.9 Å². The molecule has 0 aliphatic carbocycles. The molecule has 6 aromatic rings. The molecule has 302 valence electrons. The molecule has 0 spiro atoms. The van der Waals surface area contributed by atoms with E-state index in [4.69, 9.17) is 14.8 Å². The largest absolute Gasteiger partial charge is 0.684 e. The van der Waals surface area contributed by atoms with Crippen LogP contribution in [0.4, 0.5) is 5.69 Å². The van der Waals surface area contributed by atoms with Gasteiger partial charge in [-0.25, -0.2) is 4.79 Å². The topological polar surface area (TPSA) is 69.9 Å². The van der Waals surface area contributed by atoms with Crippen LogP contribution in [-0.2, 0) is 43.6 Å². The van der Waals surface area contributed by atoms with Crippen molar-refractivity contribution in [2.45, 2.75) is 72.8 Å². The standard InChI is InChI=1S/C38H44NO4.2C7H7.Hf/c1-7-28-17-18-35(42-20-12-19-39-36-30(25(2)3)15-11-16-31(36)26(4)5)32(23-28)33-21-27(6)22-34(37(33)40)38(41)43-24-29-13-9-8-10-14-29;2*1-7-5-3-2-4-6-7;/h8-11,13-18,21-23,25-26H,7,12,19-20,24H2,1-6H3,(H,40,41);2*2-6H,1H2;/q3*-1;. The van der Waals surface area contributed by atoms with Gasteiger partial charge in [-0.3, -0.25) is 0 Å². The summed E-state index contributed by atoms with van der Waals surface area (Å²) >= 11 is 0. The first kappa shape index (κ1) is 47.2. The first-order valence-corrected chi connectivity index (χ1v) is 19.8. The number of aryl methyl sites for hydroxylation is 2. The van der Waals surface area contributed by atoms with Gasteiger partial charge in [-0.05, 0) is 72.6 Å². The maximum atomic E-state index is 13.1. The predicted octanol–water partition coefficient (Wildman–Crippen LogP) is 13.7. The minimum Gasteiger partial charge on any atom is -0.684 e. The number of hydrogen-bond acceptors (Lipinski definition) is 4. The van der Waals surface area contributed by atoms with E-state index in [0.717, 1.165) is 51.9 Å². The van der Waals surface area contributed by atoms with Gasteiger partial charge in [0, 0.05) is 37.0 Å². The molecule has 58 heavy (non-hydrogen) atoms. The molecule has 6 aromatic carbocycles. The molecule has 6 heteroatoms. The number of carbonyl (C=O) groups is 1. The van der Waals surface area contributed by atoms with E-state index in [2.05, 4.69) is 66.7 Å². The van der Waals surface area contributed by atoms with Gasteiger partial charge in [-0.2, -0.15) is 49.2 Å². The summed E-state index contributed by atoms with van der Waals surface area (Å²) in [7, 11) is 0. The zero-order chi connectivity index (χ0) is 41.2. The summed E-state index contributed by atoms with van der Waals surface area (Å²) in [5.41, 5.74) is 10.1. The first-order chi connectivity index (χ1) is 27.5. The number of benzene rings is 6. The fourth-order valence-corrected chi connectivity index (χ4v) is 6.16. The second kappa shape index (κ2) is 24.5. The molecular weight excluding hydrogens is 881 g/mol. The van der Waals surface area contributed by atoms with Crippen LogP contribution in [0.15, 0.2) is 140 Å². The van der Waals surface area contributed by atoms with Crippen LogP contribution in [0.2, 0.25) is 0 Å². The Labute approximate surface area is 366 Å². The number of para-hydroxylation sites is 1. The number of hydrogen-bond donors (Lipinski definition) is 1. The summed E-state index contributed by atoms with van der Waals surface area (Å²) in [5, 5.41) is 16.3. The van der Waals surface area contributed by atoms with Crippen LogP contribution in [0.25, 0.3) is 16.4 Å². The number of aromatic hydroxyl groups is 1. The van der Waals surface area contributed by atoms with Crippen molar-refractivity contribution < 1.29 is 45.2 Å². The third-order valence-electron chi connectivity index (χ3n) is 9.29. The van der Waals surface area contributed by atoms with Gasteiger partial charge in [-0.15, -0.1) is 36.5 Å². The molecule has 0 heterocycles. The van der Waals surface area contributed by atoms with Gasteiger partial charge in [0.05, 0.1) is 6.61 Å². The summed E-state index contributed by atoms with van der Waals surface area (Å²) in [6.45, 7) is 21.5. The Hall–Kier alpha value is -5.20. The third-order valence-corrected chi connectivity index (χ3v) is 9.29. The van der Waals surface area contributed by atoms with Crippen LogP contribution in [0, 0.1) is 20.8 Å². The van der Waals surface area contributed by atoms with Crippen LogP contribution in [0.1, 0.15) is 102 Å². The van der Waals surface area contributed by atoms with Crippen LogP contribution < -0.4 is 4.74 Å². The van der Waals surface area contributed by atoms with Crippen molar-refractivity contribution in [1.29, 1.82) is 0 Å². The molecule has 1 N–H and O–H groups in total. The average Bonchev–Trinajstić information content (AvgIpc) is 3.22. The quantitative estimate of drug-likeness (QED) is 0.0542. The fourth-order valence-electron chi connectivity index (χ4n) is 6.16. The molecule has 0 aliphatic rings.